The van der Waals surface area contributed by atoms with E-state index < -0.39 is 0 Å². The molecule has 1 fully saturated rings. The summed E-state index contributed by atoms with van der Waals surface area (Å²) < 4.78 is 1.71. The first-order valence-electron chi connectivity index (χ1n) is 8.70. The normalized spacial score (nSPS) is 20.7. The lowest BCUT2D eigenvalue weighted by molar-refractivity contribution is 0.396. The minimum Gasteiger partial charge on any atom is -0.382 e. The number of fused-ring (bicyclic) bond motifs is 1. The number of pyridine rings is 1. The monoisotopic (exact) mass is 337 g/mol. The van der Waals surface area contributed by atoms with Crippen LogP contribution in [0.25, 0.3) is 5.65 Å². The fourth-order valence-electron chi connectivity index (χ4n) is 3.59. The van der Waals surface area contributed by atoms with Crippen molar-refractivity contribution in [3.63, 3.8) is 0 Å². The zero-order chi connectivity index (χ0) is 17.4. The zero-order valence-electron chi connectivity index (χ0n) is 14.3. The Balaban J connectivity index is 1.80. The number of rotatable bonds is 3. The highest BCUT2D eigenvalue weighted by Crippen LogP contribution is 2.40. The SMILES string of the molecule is Cc1ccc(Nc2c3nccn3nc(N)c2[C@H]2CC[C@@H](N)CC2)nc1. The van der Waals surface area contributed by atoms with E-state index in [9.17, 15) is 0 Å². The summed E-state index contributed by atoms with van der Waals surface area (Å²) in [6.45, 7) is 2.02. The predicted molar refractivity (Wildman–Crippen MR) is 98.8 cm³/mol. The van der Waals surface area contributed by atoms with Crippen molar-refractivity contribution in [2.75, 3.05) is 11.1 Å². The minimum atomic E-state index is 0.288. The molecular weight excluding hydrogens is 314 g/mol. The molecule has 0 bridgehead atoms. The van der Waals surface area contributed by atoms with Crippen LogP contribution in [0, 0.1) is 6.92 Å². The fraction of sp³-hybridized carbons (Fsp3) is 0.389. The molecule has 1 aliphatic carbocycles. The van der Waals surface area contributed by atoms with Crippen LogP contribution in [-0.4, -0.2) is 25.6 Å². The lowest BCUT2D eigenvalue weighted by atomic mass is 9.81. The molecule has 0 radical (unpaired) electrons. The molecule has 3 aromatic heterocycles. The molecule has 1 saturated carbocycles. The van der Waals surface area contributed by atoms with Crippen molar-refractivity contribution < 1.29 is 0 Å². The van der Waals surface area contributed by atoms with E-state index >= 15 is 0 Å². The second-order valence-corrected chi connectivity index (χ2v) is 6.83. The van der Waals surface area contributed by atoms with Crippen LogP contribution in [0.15, 0.2) is 30.7 Å². The van der Waals surface area contributed by atoms with Gasteiger partial charge in [-0.3, -0.25) is 0 Å². The molecule has 0 spiro atoms. The van der Waals surface area contributed by atoms with Crippen LogP contribution in [-0.2, 0) is 0 Å². The highest BCUT2D eigenvalue weighted by atomic mass is 15.3. The molecule has 0 amide bonds. The molecule has 0 atom stereocenters. The van der Waals surface area contributed by atoms with Crippen molar-refractivity contribution in [3.05, 3.63) is 41.9 Å². The molecule has 130 valence electrons. The molecule has 4 rings (SSSR count). The van der Waals surface area contributed by atoms with Gasteiger partial charge in [0, 0.05) is 30.2 Å². The van der Waals surface area contributed by atoms with Crippen LogP contribution in [0.5, 0.6) is 0 Å². The van der Waals surface area contributed by atoms with Gasteiger partial charge in [-0.1, -0.05) is 6.07 Å². The second kappa shape index (κ2) is 6.33. The maximum absolute atomic E-state index is 6.34. The van der Waals surface area contributed by atoms with Crippen molar-refractivity contribution in [3.8, 4) is 0 Å². The van der Waals surface area contributed by atoms with Gasteiger partial charge in [0.25, 0.3) is 0 Å². The van der Waals surface area contributed by atoms with Gasteiger partial charge in [0.1, 0.15) is 11.6 Å². The molecule has 0 aliphatic heterocycles. The fourth-order valence-corrected chi connectivity index (χ4v) is 3.59. The Labute approximate surface area is 146 Å². The predicted octanol–water partition coefficient (Wildman–Crippen LogP) is 2.74. The molecule has 5 N–H and O–H groups in total. The van der Waals surface area contributed by atoms with E-state index in [1.165, 1.54) is 0 Å². The van der Waals surface area contributed by atoms with Gasteiger partial charge in [-0.05, 0) is 50.2 Å². The largest absolute Gasteiger partial charge is 0.382 e. The number of nitrogens with one attached hydrogen (secondary N) is 1. The molecular formula is C18H23N7. The number of imidazole rings is 1. The third-order valence-corrected chi connectivity index (χ3v) is 4.95. The first-order valence-corrected chi connectivity index (χ1v) is 8.70. The number of aromatic nitrogens is 4. The van der Waals surface area contributed by atoms with Crippen molar-refractivity contribution in [2.45, 2.75) is 44.6 Å². The number of hydrogen-bond acceptors (Lipinski definition) is 6. The lowest BCUT2D eigenvalue weighted by Gasteiger charge is -2.28. The van der Waals surface area contributed by atoms with Gasteiger partial charge < -0.3 is 16.8 Å². The molecule has 0 unspecified atom stereocenters. The van der Waals surface area contributed by atoms with E-state index in [0.717, 1.165) is 54.0 Å². The summed E-state index contributed by atoms with van der Waals surface area (Å²) in [6.07, 6.45) is 9.42. The number of nitrogen functional groups attached to an aromatic ring is 1. The van der Waals surface area contributed by atoms with Gasteiger partial charge in [0.05, 0.1) is 5.69 Å². The van der Waals surface area contributed by atoms with Gasteiger partial charge in [-0.2, -0.15) is 0 Å². The maximum Gasteiger partial charge on any atom is 0.177 e. The average molecular weight is 337 g/mol. The molecule has 7 heteroatoms. The van der Waals surface area contributed by atoms with E-state index in [1.54, 1.807) is 16.9 Å². The summed E-state index contributed by atoms with van der Waals surface area (Å²) in [4.78, 5) is 8.94. The van der Waals surface area contributed by atoms with Crippen molar-refractivity contribution in [1.29, 1.82) is 0 Å². The Hall–Kier alpha value is -2.67. The Morgan fingerprint density at radius 3 is 2.68 bits per heavy atom. The molecule has 1 aliphatic rings. The number of nitrogens with two attached hydrogens (primary N) is 2. The van der Waals surface area contributed by atoms with E-state index in [-0.39, 0.29) is 6.04 Å². The molecule has 7 nitrogen and oxygen atoms in total. The Bertz CT molecular complexity index is 876. The first-order chi connectivity index (χ1) is 12.1. The number of aryl methyl sites for hydroxylation is 1. The van der Waals surface area contributed by atoms with Crippen LogP contribution >= 0.6 is 0 Å². The highest BCUT2D eigenvalue weighted by molar-refractivity contribution is 5.79. The van der Waals surface area contributed by atoms with E-state index in [2.05, 4.69) is 20.4 Å². The summed E-state index contributed by atoms with van der Waals surface area (Å²) >= 11 is 0. The number of hydrogen-bond donors (Lipinski definition) is 3. The molecule has 3 heterocycles. The van der Waals surface area contributed by atoms with E-state index in [0.29, 0.717) is 11.7 Å². The van der Waals surface area contributed by atoms with Crippen LogP contribution in [0.1, 0.15) is 42.7 Å². The molecule has 0 saturated heterocycles. The standard InChI is InChI=1S/C18H23N7/c1-11-2-7-14(22-10-11)23-16-15(12-3-5-13(19)6-4-12)17(20)24-25-9-8-21-18(16)25/h2,7-10,12-13H,3-6,19H2,1H3,(H2,20,24)(H,22,23)/t12-,13+. The lowest BCUT2D eigenvalue weighted by Crippen LogP contribution is -2.26. The Kier molecular flexibility index (Phi) is 4.01. The van der Waals surface area contributed by atoms with Crippen LogP contribution in [0.3, 0.4) is 0 Å². The van der Waals surface area contributed by atoms with Gasteiger partial charge in [-0.15, -0.1) is 5.10 Å². The topological polar surface area (TPSA) is 107 Å². The Morgan fingerprint density at radius 2 is 1.96 bits per heavy atom. The second-order valence-electron chi connectivity index (χ2n) is 6.83. The first kappa shape index (κ1) is 15.8. The summed E-state index contributed by atoms with van der Waals surface area (Å²) in [5, 5.41) is 7.92. The average Bonchev–Trinajstić information content (AvgIpc) is 3.06. The number of nitrogens with zero attached hydrogens (tertiary/aromatic N) is 4. The smallest absolute Gasteiger partial charge is 0.177 e. The number of anilines is 3. The van der Waals surface area contributed by atoms with Gasteiger partial charge in [0.15, 0.2) is 5.65 Å². The quantitative estimate of drug-likeness (QED) is 0.678. The van der Waals surface area contributed by atoms with Gasteiger partial charge in [-0.25, -0.2) is 14.5 Å². The minimum absolute atomic E-state index is 0.288. The van der Waals surface area contributed by atoms with Crippen LogP contribution in [0.2, 0.25) is 0 Å². The Morgan fingerprint density at radius 1 is 1.16 bits per heavy atom. The van der Waals surface area contributed by atoms with Crippen molar-refractivity contribution in [1.82, 2.24) is 19.6 Å². The van der Waals surface area contributed by atoms with Gasteiger partial charge >= 0.3 is 0 Å². The molecule has 0 aromatic carbocycles. The van der Waals surface area contributed by atoms with Crippen LogP contribution in [0.4, 0.5) is 17.3 Å². The summed E-state index contributed by atoms with van der Waals surface area (Å²) in [5.74, 6) is 1.65. The zero-order valence-corrected chi connectivity index (χ0v) is 14.3. The molecule has 3 aromatic rings. The molecule has 25 heavy (non-hydrogen) atoms. The highest BCUT2D eigenvalue weighted by Gasteiger charge is 2.27. The van der Waals surface area contributed by atoms with Crippen LogP contribution < -0.4 is 16.8 Å². The summed E-state index contributed by atoms with van der Waals surface area (Å²) in [6, 6.07) is 4.28. The maximum atomic E-state index is 6.34. The third kappa shape index (κ3) is 3.02. The van der Waals surface area contributed by atoms with Gasteiger partial charge in [0.2, 0.25) is 0 Å². The summed E-state index contributed by atoms with van der Waals surface area (Å²) in [7, 11) is 0. The van der Waals surface area contributed by atoms with E-state index in [1.807, 2.05) is 25.3 Å². The summed E-state index contributed by atoms with van der Waals surface area (Å²) in [5.41, 5.74) is 16.2. The third-order valence-electron chi connectivity index (χ3n) is 4.95. The van der Waals surface area contributed by atoms with Crippen molar-refractivity contribution >= 4 is 23.0 Å². The van der Waals surface area contributed by atoms with Crippen molar-refractivity contribution in [2.24, 2.45) is 5.73 Å². The van der Waals surface area contributed by atoms with E-state index in [4.69, 9.17) is 11.5 Å².